The number of ether oxygens (including phenoxy) is 1. The van der Waals surface area contributed by atoms with Gasteiger partial charge in [-0.05, 0) is 43.7 Å². The summed E-state index contributed by atoms with van der Waals surface area (Å²) < 4.78 is 4.87. The summed E-state index contributed by atoms with van der Waals surface area (Å²) in [6.07, 6.45) is 8.50. The summed E-state index contributed by atoms with van der Waals surface area (Å²) in [6.45, 7) is 5.59. The van der Waals surface area contributed by atoms with Crippen LogP contribution in [0.25, 0.3) is 0 Å². The minimum Gasteiger partial charge on any atom is -0.467 e. The molecule has 0 unspecified atom stereocenters. The number of hydrogen-bond donors (Lipinski definition) is 3. The first kappa shape index (κ1) is 26.2. The molecule has 32 heavy (non-hydrogen) atoms. The molecule has 1 aliphatic rings. The molecule has 1 saturated heterocycles. The number of carbonyl (C=O) groups excluding carboxylic acids is 3. The minimum absolute atomic E-state index is 0.0671. The Morgan fingerprint density at radius 2 is 2.16 bits per heavy atom. The van der Waals surface area contributed by atoms with Crippen LogP contribution in [0.2, 0.25) is 0 Å². The van der Waals surface area contributed by atoms with Crippen LogP contribution in [-0.2, 0) is 25.5 Å². The van der Waals surface area contributed by atoms with Crippen molar-refractivity contribution in [1.82, 2.24) is 25.5 Å². The Labute approximate surface area is 194 Å². The van der Waals surface area contributed by atoms with Gasteiger partial charge in [-0.3, -0.25) is 14.5 Å². The molecule has 1 aromatic heterocycles. The number of rotatable bonds is 13. The van der Waals surface area contributed by atoms with Gasteiger partial charge in [0.1, 0.15) is 6.04 Å². The Bertz CT molecular complexity index is 730. The average Bonchev–Trinajstić information content (AvgIpc) is 3.46. The lowest BCUT2D eigenvalue weighted by atomic mass is 9.98. The van der Waals surface area contributed by atoms with Crippen LogP contribution in [0.5, 0.6) is 0 Å². The van der Waals surface area contributed by atoms with E-state index in [4.69, 9.17) is 4.74 Å². The average molecular weight is 468 g/mol. The van der Waals surface area contributed by atoms with Crippen molar-refractivity contribution in [3.05, 3.63) is 18.2 Å². The summed E-state index contributed by atoms with van der Waals surface area (Å²) in [5.74, 6) is 0.385. The number of thioether (sulfide) groups is 1. The Hall–Kier alpha value is -2.07. The van der Waals surface area contributed by atoms with Gasteiger partial charge >= 0.3 is 5.97 Å². The number of nitrogens with zero attached hydrogens (tertiary/aromatic N) is 2. The topological polar surface area (TPSA) is 116 Å². The maximum Gasteiger partial charge on any atom is 0.328 e. The molecule has 4 atom stereocenters. The smallest absolute Gasteiger partial charge is 0.328 e. The molecule has 10 heteroatoms. The van der Waals surface area contributed by atoms with E-state index in [1.54, 1.807) is 24.3 Å². The normalized spacial score (nSPS) is 19.2. The molecule has 0 spiro atoms. The van der Waals surface area contributed by atoms with E-state index in [-0.39, 0.29) is 36.2 Å². The number of carbonyl (C=O) groups is 3. The fourth-order valence-electron chi connectivity index (χ4n) is 3.95. The summed E-state index contributed by atoms with van der Waals surface area (Å²) in [5.41, 5.74) is 0.767. The van der Waals surface area contributed by atoms with Gasteiger partial charge < -0.3 is 20.4 Å². The lowest BCUT2D eigenvalue weighted by Crippen LogP contribution is -2.54. The van der Waals surface area contributed by atoms with Crippen LogP contribution in [0.1, 0.15) is 45.2 Å². The molecule has 0 saturated carbocycles. The second-order valence-corrected chi connectivity index (χ2v) is 9.32. The van der Waals surface area contributed by atoms with E-state index in [0.717, 1.165) is 37.3 Å². The zero-order valence-corrected chi connectivity index (χ0v) is 20.4. The fraction of sp³-hybridized carbons (Fsp3) is 0.727. The van der Waals surface area contributed by atoms with E-state index >= 15 is 0 Å². The second-order valence-electron chi connectivity index (χ2n) is 8.33. The van der Waals surface area contributed by atoms with Crippen molar-refractivity contribution in [2.24, 2.45) is 5.92 Å². The van der Waals surface area contributed by atoms with Gasteiger partial charge in [0.15, 0.2) is 0 Å². The fourth-order valence-corrected chi connectivity index (χ4v) is 4.42. The summed E-state index contributed by atoms with van der Waals surface area (Å²) in [6, 6.07) is -1.02. The van der Waals surface area contributed by atoms with Gasteiger partial charge in [0.25, 0.3) is 0 Å². The molecular formula is C22H37N5O4S. The maximum atomic E-state index is 13.0. The van der Waals surface area contributed by atoms with Crippen molar-refractivity contribution in [2.75, 3.05) is 32.2 Å². The zero-order valence-electron chi connectivity index (χ0n) is 19.6. The number of imidazole rings is 1. The van der Waals surface area contributed by atoms with Gasteiger partial charge in [-0.2, -0.15) is 11.8 Å². The third kappa shape index (κ3) is 7.81. The summed E-state index contributed by atoms with van der Waals surface area (Å²) >= 11 is 1.62. The van der Waals surface area contributed by atoms with Crippen LogP contribution in [0, 0.1) is 5.92 Å². The van der Waals surface area contributed by atoms with Crippen molar-refractivity contribution < 1.29 is 19.1 Å². The minimum atomic E-state index is -0.637. The van der Waals surface area contributed by atoms with Crippen LogP contribution in [-0.4, -0.2) is 83.0 Å². The van der Waals surface area contributed by atoms with Crippen LogP contribution in [0.3, 0.4) is 0 Å². The van der Waals surface area contributed by atoms with E-state index in [9.17, 15) is 14.4 Å². The number of aromatic amines is 1. The van der Waals surface area contributed by atoms with Gasteiger partial charge in [0, 0.05) is 24.5 Å². The van der Waals surface area contributed by atoms with Crippen molar-refractivity contribution in [1.29, 1.82) is 0 Å². The number of likely N-dealkylation sites (tertiary alicyclic amines) is 1. The Kier molecular flexibility index (Phi) is 11.0. The van der Waals surface area contributed by atoms with E-state index in [0.29, 0.717) is 13.0 Å². The summed E-state index contributed by atoms with van der Waals surface area (Å²) in [5, 5.41) is 6.05. The van der Waals surface area contributed by atoms with E-state index in [2.05, 4.69) is 39.3 Å². The predicted octanol–water partition coefficient (Wildman–Crippen LogP) is 1.36. The van der Waals surface area contributed by atoms with E-state index < -0.39 is 12.0 Å². The van der Waals surface area contributed by atoms with Gasteiger partial charge in [-0.1, -0.05) is 20.3 Å². The zero-order chi connectivity index (χ0) is 23.5. The number of aromatic nitrogens is 2. The Morgan fingerprint density at radius 3 is 2.78 bits per heavy atom. The van der Waals surface area contributed by atoms with E-state index in [1.165, 1.54) is 7.11 Å². The van der Waals surface area contributed by atoms with E-state index in [1.807, 2.05) is 6.26 Å². The van der Waals surface area contributed by atoms with Gasteiger partial charge in [-0.25, -0.2) is 9.78 Å². The van der Waals surface area contributed by atoms with Gasteiger partial charge in [-0.15, -0.1) is 0 Å². The third-order valence-corrected chi connectivity index (χ3v) is 6.74. The SMILES string of the molecule is CC[C@H](C)[C@@H](CN1CCC[C@H]1C(=O)N[C@@H](CCSC)C(=O)OC)NC(=O)Cc1cnc[nH]1. The molecule has 0 aromatic carbocycles. The Balaban J connectivity index is 2.00. The molecule has 3 N–H and O–H groups in total. The highest BCUT2D eigenvalue weighted by atomic mass is 32.2. The first-order chi connectivity index (χ1) is 15.4. The molecule has 1 fully saturated rings. The number of hydrogen-bond acceptors (Lipinski definition) is 7. The molecule has 1 aromatic rings. The molecular weight excluding hydrogens is 430 g/mol. The molecule has 9 nitrogen and oxygen atoms in total. The molecule has 180 valence electrons. The summed E-state index contributed by atoms with van der Waals surface area (Å²) in [7, 11) is 1.34. The highest BCUT2D eigenvalue weighted by Gasteiger charge is 2.35. The quantitative estimate of drug-likeness (QED) is 0.375. The number of H-pyrrole nitrogens is 1. The highest BCUT2D eigenvalue weighted by molar-refractivity contribution is 7.98. The second kappa shape index (κ2) is 13.5. The molecule has 0 bridgehead atoms. The summed E-state index contributed by atoms with van der Waals surface area (Å²) in [4.78, 5) is 46.7. The largest absolute Gasteiger partial charge is 0.467 e. The lowest BCUT2D eigenvalue weighted by molar-refractivity contribution is -0.145. The Morgan fingerprint density at radius 1 is 1.38 bits per heavy atom. The van der Waals surface area contributed by atoms with Gasteiger partial charge in [0.05, 0.1) is 25.9 Å². The molecule has 0 aliphatic carbocycles. The maximum absolute atomic E-state index is 13.0. The van der Waals surface area contributed by atoms with Crippen LogP contribution < -0.4 is 10.6 Å². The monoisotopic (exact) mass is 467 g/mol. The number of esters is 1. The van der Waals surface area contributed by atoms with Crippen molar-refractivity contribution in [3.63, 3.8) is 0 Å². The standard InChI is InChI=1S/C22H37N5O4S/c1-5-15(2)18(25-20(28)11-16-12-23-14-24-16)13-27-9-6-7-19(27)21(29)26-17(8-10-32-4)22(30)31-3/h12,14-15,17-19H,5-11,13H2,1-4H3,(H,23,24)(H,25,28)(H,26,29)/t15-,17-,18+,19-/m0/s1. The third-order valence-electron chi connectivity index (χ3n) is 6.09. The number of amides is 2. The first-order valence-electron chi connectivity index (χ1n) is 11.3. The molecule has 1 aliphatic heterocycles. The van der Waals surface area contributed by atoms with Crippen molar-refractivity contribution in [3.8, 4) is 0 Å². The molecule has 2 rings (SSSR count). The van der Waals surface area contributed by atoms with Crippen molar-refractivity contribution in [2.45, 2.75) is 64.1 Å². The number of nitrogens with one attached hydrogen (secondary N) is 3. The highest BCUT2D eigenvalue weighted by Crippen LogP contribution is 2.21. The molecule has 0 radical (unpaired) electrons. The van der Waals surface area contributed by atoms with Crippen LogP contribution in [0.4, 0.5) is 0 Å². The van der Waals surface area contributed by atoms with Crippen LogP contribution >= 0.6 is 11.8 Å². The predicted molar refractivity (Wildman–Crippen MR) is 125 cm³/mol. The van der Waals surface area contributed by atoms with Crippen LogP contribution in [0.15, 0.2) is 12.5 Å². The number of methoxy groups -OCH3 is 1. The molecule has 2 heterocycles. The lowest BCUT2D eigenvalue weighted by Gasteiger charge is -2.32. The first-order valence-corrected chi connectivity index (χ1v) is 12.7. The molecule has 2 amide bonds. The van der Waals surface area contributed by atoms with Crippen molar-refractivity contribution >= 4 is 29.5 Å². The van der Waals surface area contributed by atoms with Gasteiger partial charge in [0.2, 0.25) is 11.8 Å².